The zero-order valence-electron chi connectivity index (χ0n) is 6.45. The van der Waals surface area contributed by atoms with Crippen LogP contribution in [0.3, 0.4) is 0 Å². The Bertz CT molecular complexity index is 271. The summed E-state index contributed by atoms with van der Waals surface area (Å²) in [5, 5.41) is 11.8. The quantitative estimate of drug-likeness (QED) is 0.593. The van der Waals surface area contributed by atoms with Crippen LogP contribution in [0.5, 0.6) is 0 Å². The van der Waals surface area contributed by atoms with Crippen LogP contribution in [0, 0.1) is 0 Å². The number of anilines is 1. The fourth-order valence-corrected chi connectivity index (χ4v) is 0.954. The van der Waals surface area contributed by atoms with Crippen LogP contribution in [0.15, 0.2) is 24.3 Å². The molecule has 0 saturated heterocycles. The van der Waals surface area contributed by atoms with Crippen molar-refractivity contribution in [3.05, 3.63) is 29.8 Å². The second-order valence-corrected chi connectivity index (χ2v) is 2.78. The number of benzene rings is 1. The van der Waals surface area contributed by atoms with Crippen LogP contribution in [-0.2, 0) is 6.61 Å². The minimum atomic E-state index is 0.0490. The molecule has 3 nitrogen and oxygen atoms in total. The summed E-state index contributed by atoms with van der Waals surface area (Å²) in [4.78, 5) is 0. The Kier molecular flexibility index (Phi) is 3.01. The topological polar surface area (TPSA) is 58.3 Å². The molecule has 0 aromatic heterocycles. The number of nitrogens with two attached hydrogens (primary N) is 1. The summed E-state index contributed by atoms with van der Waals surface area (Å²) in [6.07, 6.45) is 0. The molecule has 1 aromatic rings. The molecule has 0 unspecified atom stereocenters. The molecule has 4 N–H and O–H groups in total. The number of aliphatic hydroxyl groups is 1. The van der Waals surface area contributed by atoms with Crippen molar-refractivity contribution in [2.24, 2.45) is 5.73 Å². The molecule has 64 valence electrons. The molecule has 0 heterocycles. The fourth-order valence-electron chi connectivity index (χ4n) is 0.836. The third-order valence-electron chi connectivity index (χ3n) is 1.40. The first-order chi connectivity index (χ1) is 5.72. The molecule has 0 fully saturated rings. The van der Waals surface area contributed by atoms with Crippen LogP contribution in [-0.4, -0.2) is 10.2 Å². The average molecular weight is 182 g/mol. The number of nitrogens with one attached hydrogen (secondary N) is 1. The van der Waals surface area contributed by atoms with Gasteiger partial charge in [0, 0.05) is 5.69 Å². The van der Waals surface area contributed by atoms with Crippen molar-refractivity contribution in [2.45, 2.75) is 6.61 Å². The maximum atomic E-state index is 8.74. The fraction of sp³-hybridized carbons (Fsp3) is 0.125. The summed E-state index contributed by atoms with van der Waals surface area (Å²) in [6, 6.07) is 7.23. The number of hydrogen-bond donors (Lipinski definition) is 3. The molecule has 1 aromatic carbocycles. The van der Waals surface area contributed by atoms with E-state index in [1.54, 1.807) is 12.1 Å². The molecular formula is C8H10N2OS. The van der Waals surface area contributed by atoms with Crippen molar-refractivity contribution in [3.8, 4) is 0 Å². The SMILES string of the molecule is NC(=S)Nc1ccc(CO)cc1. The highest BCUT2D eigenvalue weighted by atomic mass is 32.1. The molecule has 0 aliphatic heterocycles. The Morgan fingerprint density at radius 2 is 2.00 bits per heavy atom. The van der Waals surface area contributed by atoms with Gasteiger partial charge in [0.15, 0.2) is 5.11 Å². The van der Waals surface area contributed by atoms with Crippen molar-refractivity contribution in [1.29, 1.82) is 0 Å². The zero-order valence-corrected chi connectivity index (χ0v) is 7.27. The zero-order chi connectivity index (χ0) is 8.97. The predicted molar refractivity (Wildman–Crippen MR) is 52.8 cm³/mol. The summed E-state index contributed by atoms with van der Waals surface area (Å²) in [6.45, 7) is 0.0490. The van der Waals surface area contributed by atoms with Gasteiger partial charge in [-0.15, -0.1) is 0 Å². The summed E-state index contributed by atoms with van der Waals surface area (Å²) < 4.78 is 0. The van der Waals surface area contributed by atoms with Gasteiger partial charge < -0.3 is 16.2 Å². The first kappa shape index (κ1) is 8.96. The van der Waals surface area contributed by atoms with E-state index in [2.05, 4.69) is 17.5 Å². The Labute approximate surface area is 76.2 Å². The lowest BCUT2D eigenvalue weighted by Gasteiger charge is -2.03. The van der Waals surface area contributed by atoms with Crippen LogP contribution < -0.4 is 11.1 Å². The maximum Gasteiger partial charge on any atom is 0.168 e. The molecule has 0 radical (unpaired) electrons. The summed E-state index contributed by atoms with van der Waals surface area (Å²) in [7, 11) is 0. The highest BCUT2D eigenvalue weighted by molar-refractivity contribution is 7.80. The van der Waals surface area contributed by atoms with E-state index in [0.717, 1.165) is 11.3 Å². The van der Waals surface area contributed by atoms with Crippen LogP contribution in [0.2, 0.25) is 0 Å². The average Bonchev–Trinajstić information content (AvgIpc) is 2.05. The van der Waals surface area contributed by atoms with E-state index < -0.39 is 0 Å². The van der Waals surface area contributed by atoms with Crippen LogP contribution in [0.4, 0.5) is 5.69 Å². The van der Waals surface area contributed by atoms with E-state index in [1.807, 2.05) is 12.1 Å². The molecular weight excluding hydrogens is 172 g/mol. The molecule has 1 rings (SSSR count). The van der Waals surface area contributed by atoms with Crippen LogP contribution in [0.1, 0.15) is 5.56 Å². The first-order valence-electron chi connectivity index (χ1n) is 3.48. The monoisotopic (exact) mass is 182 g/mol. The minimum absolute atomic E-state index is 0.0490. The van der Waals surface area contributed by atoms with Crippen molar-refractivity contribution in [3.63, 3.8) is 0 Å². The lowest BCUT2D eigenvalue weighted by molar-refractivity contribution is 0.282. The molecule has 0 aliphatic carbocycles. The predicted octanol–water partition coefficient (Wildman–Crippen LogP) is 0.834. The van der Waals surface area contributed by atoms with E-state index >= 15 is 0 Å². The first-order valence-corrected chi connectivity index (χ1v) is 3.89. The third kappa shape index (κ3) is 2.48. The summed E-state index contributed by atoms with van der Waals surface area (Å²) >= 11 is 4.66. The van der Waals surface area contributed by atoms with Crippen LogP contribution in [0.25, 0.3) is 0 Å². The number of aliphatic hydroxyl groups excluding tert-OH is 1. The highest BCUT2D eigenvalue weighted by Gasteiger charge is 1.92. The standard InChI is InChI=1S/C8H10N2OS/c9-8(12)10-7-3-1-6(5-11)2-4-7/h1-4,11H,5H2,(H3,9,10,12). The molecule has 0 atom stereocenters. The van der Waals surface area contributed by atoms with E-state index in [0.29, 0.717) is 0 Å². The highest BCUT2D eigenvalue weighted by Crippen LogP contribution is 2.08. The van der Waals surface area contributed by atoms with Gasteiger partial charge in [0.25, 0.3) is 0 Å². The lowest BCUT2D eigenvalue weighted by atomic mass is 10.2. The second-order valence-electron chi connectivity index (χ2n) is 2.34. The smallest absolute Gasteiger partial charge is 0.168 e. The Morgan fingerprint density at radius 1 is 1.42 bits per heavy atom. The molecule has 0 aliphatic rings. The largest absolute Gasteiger partial charge is 0.392 e. The molecule has 0 bridgehead atoms. The van der Waals surface area contributed by atoms with E-state index in [1.165, 1.54) is 0 Å². The van der Waals surface area contributed by atoms with Crippen molar-refractivity contribution in [2.75, 3.05) is 5.32 Å². The van der Waals surface area contributed by atoms with Gasteiger partial charge in [-0.05, 0) is 29.9 Å². The Hall–Kier alpha value is -1.13. The Morgan fingerprint density at radius 3 is 2.42 bits per heavy atom. The van der Waals surface area contributed by atoms with Gasteiger partial charge in [0.05, 0.1) is 6.61 Å². The van der Waals surface area contributed by atoms with Gasteiger partial charge in [-0.25, -0.2) is 0 Å². The maximum absolute atomic E-state index is 8.74. The van der Waals surface area contributed by atoms with Gasteiger partial charge >= 0.3 is 0 Å². The Balaban J connectivity index is 2.71. The van der Waals surface area contributed by atoms with Gasteiger partial charge in [-0.2, -0.15) is 0 Å². The van der Waals surface area contributed by atoms with E-state index in [-0.39, 0.29) is 11.7 Å². The van der Waals surface area contributed by atoms with Gasteiger partial charge in [0.1, 0.15) is 0 Å². The number of hydrogen-bond acceptors (Lipinski definition) is 2. The molecule has 12 heavy (non-hydrogen) atoms. The van der Waals surface area contributed by atoms with Crippen molar-refractivity contribution >= 4 is 23.0 Å². The van der Waals surface area contributed by atoms with Crippen molar-refractivity contribution in [1.82, 2.24) is 0 Å². The van der Waals surface area contributed by atoms with Gasteiger partial charge in [0.2, 0.25) is 0 Å². The molecule has 4 heteroatoms. The second kappa shape index (κ2) is 4.04. The lowest BCUT2D eigenvalue weighted by Crippen LogP contribution is -2.18. The normalized spacial score (nSPS) is 9.42. The molecule has 0 saturated carbocycles. The van der Waals surface area contributed by atoms with Gasteiger partial charge in [-0.1, -0.05) is 12.1 Å². The summed E-state index contributed by atoms with van der Waals surface area (Å²) in [5.41, 5.74) is 6.96. The third-order valence-corrected chi connectivity index (χ3v) is 1.51. The van der Waals surface area contributed by atoms with Crippen molar-refractivity contribution < 1.29 is 5.11 Å². The minimum Gasteiger partial charge on any atom is -0.392 e. The van der Waals surface area contributed by atoms with Crippen LogP contribution >= 0.6 is 12.2 Å². The molecule has 0 spiro atoms. The van der Waals surface area contributed by atoms with Gasteiger partial charge in [-0.3, -0.25) is 0 Å². The number of thiocarbonyl (C=S) groups is 1. The van der Waals surface area contributed by atoms with E-state index in [9.17, 15) is 0 Å². The summed E-state index contributed by atoms with van der Waals surface area (Å²) in [5.74, 6) is 0. The van der Waals surface area contributed by atoms with E-state index in [4.69, 9.17) is 10.8 Å². The number of rotatable bonds is 2. The molecule has 0 amide bonds.